The highest BCUT2D eigenvalue weighted by atomic mass is 16.5. The summed E-state index contributed by atoms with van der Waals surface area (Å²) in [4.78, 5) is 23.3. The molecule has 0 bridgehead atoms. The largest absolute Gasteiger partial charge is 0.488 e. The third-order valence-electron chi connectivity index (χ3n) is 5.48. The lowest BCUT2D eigenvalue weighted by Crippen LogP contribution is -2.37. The number of piperidine rings is 1. The van der Waals surface area contributed by atoms with Crippen molar-refractivity contribution in [3.63, 3.8) is 0 Å². The summed E-state index contributed by atoms with van der Waals surface area (Å²) in [5, 5.41) is 5.60. The van der Waals surface area contributed by atoms with Crippen molar-refractivity contribution < 1.29 is 9.53 Å². The van der Waals surface area contributed by atoms with Crippen molar-refractivity contribution in [2.75, 3.05) is 23.7 Å². The molecule has 0 saturated carbocycles. The van der Waals surface area contributed by atoms with Crippen LogP contribution in [0.1, 0.15) is 29.7 Å². The molecular formula is C25H29N5O2. The van der Waals surface area contributed by atoms with Gasteiger partial charge in [0.05, 0.1) is 23.8 Å². The van der Waals surface area contributed by atoms with Gasteiger partial charge < -0.3 is 10.1 Å². The quantitative estimate of drug-likeness (QED) is 0.587. The van der Waals surface area contributed by atoms with Crippen LogP contribution in [0.4, 0.5) is 16.3 Å². The number of benzene rings is 2. The van der Waals surface area contributed by atoms with E-state index in [4.69, 9.17) is 4.74 Å². The number of aryl methyl sites for hydroxylation is 2. The lowest BCUT2D eigenvalue weighted by atomic mass is 10.1. The Bertz CT molecular complexity index is 1030. The number of hydrogen-bond acceptors (Lipinski definition) is 5. The molecule has 3 aromatic rings. The zero-order valence-electron chi connectivity index (χ0n) is 18.5. The van der Waals surface area contributed by atoms with Gasteiger partial charge in [0.1, 0.15) is 11.9 Å². The molecule has 0 aliphatic carbocycles. The predicted molar refractivity (Wildman–Crippen MR) is 126 cm³/mol. The van der Waals surface area contributed by atoms with Gasteiger partial charge in [0, 0.05) is 19.6 Å². The van der Waals surface area contributed by atoms with Crippen LogP contribution in [0.3, 0.4) is 0 Å². The number of nitrogens with one attached hydrogen (secondary N) is 2. The van der Waals surface area contributed by atoms with Crippen molar-refractivity contribution in [2.24, 2.45) is 0 Å². The monoisotopic (exact) mass is 431 g/mol. The summed E-state index contributed by atoms with van der Waals surface area (Å²) in [6.45, 7) is 6.77. The molecule has 0 radical (unpaired) electrons. The highest BCUT2D eigenvalue weighted by molar-refractivity contribution is 6.00. The van der Waals surface area contributed by atoms with Gasteiger partial charge in [-0.2, -0.15) is 0 Å². The van der Waals surface area contributed by atoms with Gasteiger partial charge in [-0.1, -0.05) is 36.4 Å². The molecule has 2 N–H and O–H groups in total. The maximum absolute atomic E-state index is 12.5. The number of nitrogens with zero attached hydrogens (tertiary/aromatic N) is 3. The molecule has 1 aromatic heterocycles. The van der Waals surface area contributed by atoms with Crippen LogP contribution in [-0.2, 0) is 6.54 Å². The minimum atomic E-state index is -0.378. The van der Waals surface area contributed by atoms with Crippen LogP contribution >= 0.6 is 0 Å². The number of aromatic nitrogens is 2. The molecule has 32 heavy (non-hydrogen) atoms. The Morgan fingerprint density at radius 3 is 2.53 bits per heavy atom. The van der Waals surface area contributed by atoms with E-state index in [1.165, 1.54) is 11.8 Å². The molecule has 0 atom stereocenters. The molecule has 1 aliphatic heterocycles. The van der Waals surface area contributed by atoms with E-state index < -0.39 is 0 Å². The highest BCUT2D eigenvalue weighted by Crippen LogP contribution is 2.29. The number of anilines is 2. The van der Waals surface area contributed by atoms with Gasteiger partial charge in [-0.3, -0.25) is 15.2 Å². The second kappa shape index (κ2) is 10.2. The summed E-state index contributed by atoms with van der Waals surface area (Å²) < 4.78 is 6.31. The fraction of sp³-hybridized carbons (Fsp3) is 0.320. The van der Waals surface area contributed by atoms with Crippen LogP contribution in [0.15, 0.2) is 60.9 Å². The van der Waals surface area contributed by atoms with Crippen molar-refractivity contribution in [1.82, 2.24) is 14.9 Å². The Kier molecular flexibility index (Phi) is 6.97. The molecule has 0 unspecified atom stereocenters. The zero-order valence-corrected chi connectivity index (χ0v) is 18.5. The van der Waals surface area contributed by atoms with Crippen molar-refractivity contribution >= 4 is 17.5 Å². The summed E-state index contributed by atoms with van der Waals surface area (Å²) >= 11 is 0. The van der Waals surface area contributed by atoms with Gasteiger partial charge in [-0.15, -0.1) is 0 Å². The minimum Gasteiger partial charge on any atom is -0.488 e. The summed E-state index contributed by atoms with van der Waals surface area (Å²) in [6, 6.07) is 16.0. The van der Waals surface area contributed by atoms with E-state index in [1.807, 2.05) is 38.1 Å². The van der Waals surface area contributed by atoms with Crippen molar-refractivity contribution in [3.8, 4) is 5.75 Å². The number of hydrogen-bond donors (Lipinski definition) is 2. The lowest BCUT2D eigenvalue weighted by molar-refractivity contribution is 0.0973. The van der Waals surface area contributed by atoms with Crippen molar-refractivity contribution in [3.05, 3.63) is 77.7 Å². The van der Waals surface area contributed by atoms with Crippen molar-refractivity contribution in [2.45, 2.75) is 39.3 Å². The number of ether oxygens (including phenoxy) is 1. The third kappa shape index (κ3) is 6.04. The van der Waals surface area contributed by atoms with E-state index in [-0.39, 0.29) is 12.1 Å². The van der Waals surface area contributed by atoms with Crippen LogP contribution in [0.5, 0.6) is 5.75 Å². The molecule has 7 nitrogen and oxygen atoms in total. The molecular weight excluding hydrogens is 402 g/mol. The Balaban J connectivity index is 1.34. The molecule has 1 saturated heterocycles. The second-order valence-corrected chi connectivity index (χ2v) is 8.20. The van der Waals surface area contributed by atoms with Crippen LogP contribution < -0.4 is 15.4 Å². The first-order valence-electron chi connectivity index (χ1n) is 11.0. The van der Waals surface area contributed by atoms with E-state index >= 15 is 0 Å². The summed E-state index contributed by atoms with van der Waals surface area (Å²) in [5.41, 5.74) is 3.82. The van der Waals surface area contributed by atoms with Gasteiger partial charge in [0.2, 0.25) is 0 Å². The fourth-order valence-corrected chi connectivity index (χ4v) is 3.78. The average molecular weight is 432 g/mol. The van der Waals surface area contributed by atoms with Gasteiger partial charge in [-0.05, 0) is 49.9 Å². The maximum Gasteiger partial charge on any atom is 0.324 e. The third-order valence-corrected chi connectivity index (χ3v) is 5.48. The summed E-state index contributed by atoms with van der Waals surface area (Å²) in [7, 11) is 0. The Morgan fingerprint density at radius 1 is 1.03 bits per heavy atom. The fourth-order valence-electron chi connectivity index (χ4n) is 3.78. The molecule has 1 aliphatic rings. The first-order chi connectivity index (χ1) is 15.5. The Hall–Kier alpha value is -3.45. The standard InChI is InChI=1S/C25H29N5O2/c1-18-8-9-23(22(14-18)28-25(31)29-24-16-26-19(2)15-27-24)32-21-10-12-30(13-11-21)17-20-6-4-3-5-7-20/h3-9,14-16,21H,10-13,17H2,1-2H3,(H2,27,28,29,31). The Morgan fingerprint density at radius 2 is 1.81 bits per heavy atom. The van der Waals surface area contributed by atoms with Crippen LogP contribution in [-0.4, -0.2) is 40.1 Å². The van der Waals surface area contributed by atoms with Gasteiger partial charge in [-0.25, -0.2) is 9.78 Å². The molecule has 166 valence electrons. The molecule has 1 fully saturated rings. The van der Waals surface area contributed by atoms with Crippen LogP contribution in [0.2, 0.25) is 0 Å². The number of urea groups is 1. The van der Waals surface area contributed by atoms with E-state index in [1.54, 1.807) is 6.20 Å². The first-order valence-corrected chi connectivity index (χ1v) is 11.0. The van der Waals surface area contributed by atoms with E-state index in [9.17, 15) is 4.79 Å². The van der Waals surface area contributed by atoms with Gasteiger partial charge in [0.15, 0.2) is 5.82 Å². The summed E-state index contributed by atoms with van der Waals surface area (Å²) in [6.07, 6.45) is 5.17. The normalized spacial score (nSPS) is 14.7. The van der Waals surface area contributed by atoms with Crippen LogP contribution in [0, 0.1) is 13.8 Å². The Labute approximate surface area is 188 Å². The molecule has 2 amide bonds. The van der Waals surface area contributed by atoms with E-state index in [0.717, 1.165) is 43.7 Å². The SMILES string of the molecule is Cc1ccc(OC2CCN(Cc3ccccc3)CC2)c(NC(=O)Nc2cnc(C)cn2)c1. The zero-order chi connectivity index (χ0) is 22.3. The highest BCUT2D eigenvalue weighted by Gasteiger charge is 2.22. The van der Waals surface area contributed by atoms with Gasteiger partial charge >= 0.3 is 6.03 Å². The van der Waals surface area contributed by atoms with E-state index in [2.05, 4.69) is 49.8 Å². The average Bonchev–Trinajstić information content (AvgIpc) is 2.79. The number of carbonyl (C=O) groups is 1. The second-order valence-electron chi connectivity index (χ2n) is 8.20. The molecule has 2 aromatic carbocycles. The van der Waals surface area contributed by atoms with Gasteiger partial charge in [0.25, 0.3) is 0 Å². The predicted octanol–water partition coefficient (Wildman–Crippen LogP) is 4.78. The number of rotatable bonds is 6. The van der Waals surface area contributed by atoms with Crippen LogP contribution in [0.25, 0.3) is 0 Å². The van der Waals surface area contributed by atoms with E-state index in [0.29, 0.717) is 17.3 Å². The van der Waals surface area contributed by atoms with Crippen molar-refractivity contribution in [1.29, 1.82) is 0 Å². The summed E-state index contributed by atoms with van der Waals surface area (Å²) in [5.74, 6) is 1.08. The molecule has 4 rings (SSSR count). The minimum absolute atomic E-state index is 0.122. The smallest absolute Gasteiger partial charge is 0.324 e. The molecule has 2 heterocycles. The molecule has 0 spiro atoms. The number of carbonyl (C=O) groups excluding carboxylic acids is 1. The maximum atomic E-state index is 12.5. The number of likely N-dealkylation sites (tertiary alicyclic amines) is 1. The first kappa shape index (κ1) is 21.8. The lowest BCUT2D eigenvalue weighted by Gasteiger charge is -2.32. The number of amides is 2. The molecule has 7 heteroatoms. The topological polar surface area (TPSA) is 79.4 Å².